The molecule has 0 saturated carbocycles. The maximum absolute atomic E-state index is 4.38. The van der Waals surface area contributed by atoms with Crippen molar-refractivity contribution in [1.82, 2.24) is 19.9 Å². The number of aryl methyl sites for hydroxylation is 1. The highest BCUT2D eigenvalue weighted by Gasteiger charge is 2.10. The standard InChI is InChI=1S/C14H15N5/c1-10-7-15-5-3-11(10)8-19(2)14-12-4-6-16-13(12)17-9-18-14/h3-7,9H,8H2,1-2H3,(H,16,17,18). The van der Waals surface area contributed by atoms with Crippen molar-refractivity contribution in [3.63, 3.8) is 0 Å². The molecule has 5 nitrogen and oxygen atoms in total. The first-order chi connectivity index (χ1) is 9.25. The summed E-state index contributed by atoms with van der Waals surface area (Å²) < 4.78 is 0. The molecule has 0 fully saturated rings. The molecule has 0 amide bonds. The van der Waals surface area contributed by atoms with Gasteiger partial charge in [-0.25, -0.2) is 9.97 Å². The molecule has 1 N–H and O–H groups in total. The van der Waals surface area contributed by atoms with E-state index in [1.165, 1.54) is 11.1 Å². The summed E-state index contributed by atoms with van der Waals surface area (Å²) in [6, 6.07) is 4.04. The molecular formula is C14H15N5. The predicted molar refractivity (Wildman–Crippen MR) is 75.0 cm³/mol. The smallest absolute Gasteiger partial charge is 0.142 e. The van der Waals surface area contributed by atoms with E-state index < -0.39 is 0 Å². The zero-order valence-corrected chi connectivity index (χ0v) is 11.0. The molecule has 3 rings (SSSR count). The molecule has 19 heavy (non-hydrogen) atoms. The zero-order valence-electron chi connectivity index (χ0n) is 11.0. The van der Waals surface area contributed by atoms with Gasteiger partial charge in [-0.15, -0.1) is 0 Å². The van der Waals surface area contributed by atoms with Gasteiger partial charge in [-0.05, 0) is 30.2 Å². The van der Waals surface area contributed by atoms with Crippen molar-refractivity contribution in [3.05, 3.63) is 48.2 Å². The van der Waals surface area contributed by atoms with E-state index in [0.717, 1.165) is 23.4 Å². The van der Waals surface area contributed by atoms with Crippen LogP contribution in [0.2, 0.25) is 0 Å². The van der Waals surface area contributed by atoms with Crippen LogP contribution in [-0.2, 0) is 6.54 Å². The highest BCUT2D eigenvalue weighted by atomic mass is 15.2. The van der Waals surface area contributed by atoms with Gasteiger partial charge in [0.25, 0.3) is 0 Å². The summed E-state index contributed by atoms with van der Waals surface area (Å²) in [6.07, 6.45) is 7.18. The summed E-state index contributed by atoms with van der Waals surface area (Å²) >= 11 is 0. The quantitative estimate of drug-likeness (QED) is 0.778. The lowest BCUT2D eigenvalue weighted by molar-refractivity contribution is 0.889. The highest BCUT2D eigenvalue weighted by Crippen LogP contribution is 2.22. The minimum atomic E-state index is 0.797. The van der Waals surface area contributed by atoms with Crippen LogP contribution in [0.15, 0.2) is 37.1 Å². The fraction of sp³-hybridized carbons (Fsp3) is 0.214. The van der Waals surface area contributed by atoms with Crippen molar-refractivity contribution in [2.45, 2.75) is 13.5 Å². The fourth-order valence-corrected chi connectivity index (χ4v) is 2.17. The van der Waals surface area contributed by atoms with E-state index in [4.69, 9.17) is 0 Å². The number of H-pyrrole nitrogens is 1. The van der Waals surface area contributed by atoms with Crippen molar-refractivity contribution in [1.29, 1.82) is 0 Å². The largest absolute Gasteiger partial charge is 0.355 e. The number of hydrogen-bond acceptors (Lipinski definition) is 4. The van der Waals surface area contributed by atoms with E-state index >= 15 is 0 Å². The van der Waals surface area contributed by atoms with Crippen molar-refractivity contribution < 1.29 is 0 Å². The molecule has 3 aromatic heterocycles. The van der Waals surface area contributed by atoms with Gasteiger partial charge in [0.1, 0.15) is 17.8 Å². The van der Waals surface area contributed by atoms with Gasteiger partial charge in [-0.1, -0.05) is 0 Å². The van der Waals surface area contributed by atoms with Crippen molar-refractivity contribution in [2.24, 2.45) is 0 Å². The SMILES string of the molecule is Cc1cnccc1CN(C)c1ncnc2[nH]ccc12. The number of anilines is 1. The first kappa shape index (κ1) is 11.6. The maximum Gasteiger partial charge on any atom is 0.142 e. The van der Waals surface area contributed by atoms with Gasteiger partial charge in [0, 0.05) is 32.2 Å². The second kappa shape index (κ2) is 4.68. The van der Waals surface area contributed by atoms with Crippen LogP contribution in [0.3, 0.4) is 0 Å². The minimum absolute atomic E-state index is 0.797. The van der Waals surface area contributed by atoms with Crippen LogP contribution in [-0.4, -0.2) is 27.0 Å². The van der Waals surface area contributed by atoms with E-state index in [2.05, 4.69) is 31.8 Å². The van der Waals surface area contributed by atoms with E-state index in [1.54, 1.807) is 6.33 Å². The molecule has 0 aliphatic rings. The molecule has 96 valence electrons. The Morgan fingerprint density at radius 2 is 2.16 bits per heavy atom. The molecule has 0 radical (unpaired) electrons. The molecule has 0 bridgehead atoms. The van der Waals surface area contributed by atoms with E-state index in [-0.39, 0.29) is 0 Å². The average molecular weight is 253 g/mol. The Labute approximate surface area is 111 Å². The first-order valence-corrected chi connectivity index (χ1v) is 6.14. The second-order valence-electron chi connectivity index (χ2n) is 4.60. The maximum atomic E-state index is 4.38. The van der Waals surface area contributed by atoms with Crippen molar-refractivity contribution in [3.8, 4) is 0 Å². The van der Waals surface area contributed by atoms with Crippen LogP contribution in [0.5, 0.6) is 0 Å². The minimum Gasteiger partial charge on any atom is -0.355 e. The lowest BCUT2D eigenvalue weighted by Gasteiger charge is -2.19. The van der Waals surface area contributed by atoms with E-state index in [0.29, 0.717) is 0 Å². The molecule has 0 spiro atoms. The molecule has 0 unspecified atom stereocenters. The summed E-state index contributed by atoms with van der Waals surface area (Å²) in [4.78, 5) is 17.9. The first-order valence-electron chi connectivity index (χ1n) is 6.14. The Morgan fingerprint density at radius 3 is 3.00 bits per heavy atom. The average Bonchev–Trinajstić information content (AvgIpc) is 2.89. The van der Waals surface area contributed by atoms with Crippen LogP contribution < -0.4 is 4.90 Å². The van der Waals surface area contributed by atoms with Gasteiger partial charge in [0.2, 0.25) is 0 Å². The van der Waals surface area contributed by atoms with Crippen LogP contribution in [0.1, 0.15) is 11.1 Å². The van der Waals surface area contributed by atoms with Gasteiger partial charge < -0.3 is 9.88 Å². The zero-order chi connectivity index (χ0) is 13.2. The van der Waals surface area contributed by atoms with Crippen molar-refractivity contribution >= 4 is 16.9 Å². The van der Waals surface area contributed by atoms with E-state index in [9.17, 15) is 0 Å². The highest BCUT2D eigenvalue weighted by molar-refractivity contribution is 5.87. The summed E-state index contributed by atoms with van der Waals surface area (Å²) in [5.74, 6) is 0.933. The third kappa shape index (κ3) is 2.14. The summed E-state index contributed by atoms with van der Waals surface area (Å²) in [5, 5.41) is 1.04. The Hall–Kier alpha value is -2.43. The molecule has 0 atom stereocenters. The molecule has 3 aromatic rings. The topological polar surface area (TPSA) is 57.7 Å². The number of fused-ring (bicyclic) bond motifs is 1. The fourth-order valence-electron chi connectivity index (χ4n) is 2.17. The van der Waals surface area contributed by atoms with E-state index in [1.807, 2.05) is 37.8 Å². The number of pyridine rings is 1. The van der Waals surface area contributed by atoms with Gasteiger partial charge in [-0.2, -0.15) is 0 Å². The third-order valence-electron chi connectivity index (χ3n) is 3.24. The number of aromatic amines is 1. The normalized spacial score (nSPS) is 10.8. The number of aromatic nitrogens is 4. The van der Waals surface area contributed by atoms with Gasteiger partial charge in [0.05, 0.1) is 5.39 Å². The Bertz CT molecular complexity index is 704. The van der Waals surface area contributed by atoms with Crippen LogP contribution >= 0.6 is 0 Å². The van der Waals surface area contributed by atoms with Crippen LogP contribution in [0.4, 0.5) is 5.82 Å². The van der Waals surface area contributed by atoms with Crippen LogP contribution in [0, 0.1) is 6.92 Å². The van der Waals surface area contributed by atoms with Gasteiger partial charge in [0.15, 0.2) is 0 Å². The lowest BCUT2D eigenvalue weighted by Crippen LogP contribution is -2.18. The van der Waals surface area contributed by atoms with Crippen LogP contribution in [0.25, 0.3) is 11.0 Å². The molecule has 0 saturated heterocycles. The second-order valence-corrected chi connectivity index (χ2v) is 4.60. The molecule has 0 aliphatic carbocycles. The summed E-state index contributed by atoms with van der Waals surface area (Å²) in [7, 11) is 2.04. The Kier molecular flexibility index (Phi) is 2.87. The molecule has 3 heterocycles. The Morgan fingerprint density at radius 1 is 1.26 bits per heavy atom. The summed E-state index contributed by atoms with van der Waals surface area (Å²) in [6.45, 7) is 2.87. The molecule has 5 heteroatoms. The number of nitrogens with zero attached hydrogens (tertiary/aromatic N) is 4. The number of nitrogens with one attached hydrogen (secondary N) is 1. The number of hydrogen-bond donors (Lipinski definition) is 1. The Balaban J connectivity index is 1.94. The molecule has 0 aromatic carbocycles. The number of rotatable bonds is 3. The van der Waals surface area contributed by atoms with Crippen molar-refractivity contribution in [2.75, 3.05) is 11.9 Å². The summed E-state index contributed by atoms with van der Waals surface area (Å²) in [5.41, 5.74) is 3.30. The molecular weight excluding hydrogens is 238 g/mol. The third-order valence-corrected chi connectivity index (χ3v) is 3.24. The monoisotopic (exact) mass is 253 g/mol. The lowest BCUT2D eigenvalue weighted by atomic mass is 10.1. The predicted octanol–water partition coefficient (Wildman–Crippen LogP) is 2.30. The van der Waals surface area contributed by atoms with Gasteiger partial charge >= 0.3 is 0 Å². The van der Waals surface area contributed by atoms with Gasteiger partial charge in [-0.3, -0.25) is 4.98 Å². The molecule has 0 aliphatic heterocycles.